The number of hydrogen-bond acceptors (Lipinski definition) is 6. The molecule has 0 bridgehead atoms. The molecule has 7 heteroatoms. The highest BCUT2D eigenvalue weighted by Crippen LogP contribution is 2.25. The Bertz CT molecular complexity index is 1050. The summed E-state index contributed by atoms with van der Waals surface area (Å²) in [6, 6.07) is 13.8. The summed E-state index contributed by atoms with van der Waals surface area (Å²) in [5.74, 6) is 1.54. The van der Waals surface area contributed by atoms with Gasteiger partial charge in [0, 0.05) is 29.3 Å². The summed E-state index contributed by atoms with van der Waals surface area (Å²) >= 11 is 1.73. The van der Waals surface area contributed by atoms with Crippen LogP contribution in [0.2, 0.25) is 0 Å². The molecule has 0 fully saturated rings. The van der Waals surface area contributed by atoms with Crippen LogP contribution in [0, 0.1) is 0 Å². The van der Waals surface area contributed by atoms with Crippen LogP contribution in [0.3, 0.4) is 0 Å². The van der Waals surface area contributed by atoms with E-state index in [1.165, 1.54) is 5.01 Å². The van der Waals surface area contributed by atoms with Gasteiger partial charge in [-0.05, 0) is 12.1 Å². The van der Waals surface area contributed by atoms with Gasteiger partial charge in [0.2, 0.25) is 0 Å². The van der Waals surface area contributed by atoms with E-state index in [0.29, 0.717) is 0 Å². The lowest BCUT2D eigenvalue weighted by molar-refractivity contribution is 0.583. The Kier molecular flexibility index (Phi) is 4.61. The van der Waals surface area contributed by atoms with Crippen molar-refractivity contribution in [3.63, 3.8) is 0 Å². The van der Waals surface area contributed by atoms with E-state index in [1.807, 2.05) is 42.5 Å². The van der Waals surface area contributed by atoms with E-state index in [1.54, 1.807) is 15.9 Å². The minimum absolute atomic E-state index is 0.102. The molecule has 1 N–H and O–H groups in total. The van der Waals surface area contributed by atoms with Crippen LogP contribution >= 0.6 is 11.3 Å². The van der Waals surface area contributed by atoms with E-state index >= 15 is 0 Å². The number of thiazole rings is 1. The zero-order valence-electron chi connectivity index (χ0n) is 15.7. The van der Waals surface area contributed by atoms with Crippen LogP contribution in [-0.4, -0.2) is 31.3 Å². The molecule has 27 heavy (non-hydrogen) atoms. The molecule has 4 aromatic rings. The maximum absolute atomic E-state index is 4.74. The van der Waals surface area contributed by atoms with Crippen molar-refractivity contribution in [2.24, 2.45) is 0 Å². The Morgan fingerprint density at radius 1 is 1.04 bits per heavy atom. The van der Waals surface area contributed by atoms with Gasteiger partial charge in [0.05, 0.1) is 10.7 Å². The van der Waals surface area contributed by atoms with Crippen LogP contribution in [0.25, 0.3) is 17.0 Å². The first kappa shape index (κ1) is 17.6. The van der Waals surface area contributed by atoms with Gasteiger partial charge in [-0.2, -0.15) is 4.52 Å². The molecule has 138 valence electrons. The van der Waals surface area contributed by atoms with Crippen molar-refractivity contribution < 1.29 is 0 Å². The fraction of sp³-hybridized carbons (Fsp3) is 0.300. The molecule has 0 amide bonds. The Morgan fingerprint density at radius 3 is 2.59 bits per heavy atom. The van der Waals surface area contributed by atoms with E-state index in [-0.39, 0.29) is 5.41 Å². The van der Waals surface area contributed by atoms with E-state index in [9.17, 15) is 0 Å². The third-order valence-corrected chi connectivity index (χ3v) is 5.49. The number of aromatic nitrogens is 5. The van der Waals surface area contributed by atoms with Crippen molar-refractivity contribution >= 4 is 22.8 Å². The number of benzene rings is 1. The maximum Gasteiger partial charge on any atom is 0.185 e. The highest BCUT2D eigenvalue weighted by atomic mass is 32.1. The first-order chi connectivity index (χ1) is 13.0. The lowest BCUT2D eigenvalue weighted by Crippen LogP contribution is -2.11. The van der Waals surface area contributed by atoms with Crippen LogP contribution in [-0.2, 0) is 11.8 Å². The van der Waals surface area contributed by atoms with E-state index in [4.69, 9.17) is 4.98 Å². The smallest absolute Gasteiger partial charge is 0.185 e. The number of rotatable bonds is 5. The fourth-order valence-corrected chi connectivity index (χ4v) is 3.68. The Balaban J connectivity index is 1.47. The highest BCUT2D eigenvalue weighted by Gasteiger charge is 2.17. The van der Waals surface area contributed by atoms with Crippen LogP contribution in [0.1, 0.15) is 31.5 Å². The molecule has 6 nitrogen and oxygen atoms in total. The average Bonchev–Trinajstić information content (AvgIpc) is 3.29. The predicted octanol–water partition coefficient (Wildman–Crippen LogP) is 4.20. The summed E-state index contributed by atoms with van der Waals surface area (Å²) < 4.78 is 1.78. The first-order valence-corrected chi connectivity index (χ1v) is 9.85. The minimum Gasteiger partial charge on any atom is -0.368 e. The standard InChI is InChI=1S/C20H22N6S/c1-20(2,3)19-22-15(13-27-19)11-12-21-16-9-10-17-23-24-18(26(17)25-16)14-7-5-4-6-8-14/h4-10,13H,11-12H2,1-3H3,(H,21,25). The third-order valence-electron chi connectivity index (χ3n) is 4.18. The van der Waals surface area contributed by atoms with Gasteiger partial charge in [0.25, 0.3) is 0 Å². The zero-order valence-corrected chi connectivity index (χ0v) is 16.5. The third kappa shape index (κ3) is 3.83. The highest BCUT2D eigenvalue weighted by molar-refractivity contribution is 7.09. The lowest BCUT2D eigenvalue weighted by atomic mass is 9.98. The number of hydrogen-bond donors (Lipinski definition) is 1. The van der Waals surface area contributed by atoms with Gasteiger partial charge in [0.15, 0.2) is 11.5 Å². The van der Waals surface area contributed by atoms with Crippen LogP contribution in [0.5, 0.6) is 0 Å². The monoisotopic (exact) mass is 378 g/mol. The Morgan fingerprint density at radius 2 is 1.85 bits per heavy atom. The SMILES string of the molecule is CC(C)(C)c1nc(CCNc2ccc3nnc(-c4ccccc4)n3n2)cs1. The predicted molar refractivity (Wildman–Crippen MR) is 109 cm³/mol. The second-order valence-corrected chi connectivity index (χ2v) is 8.31. The number of anilines is 1. The molecule has 3 aromatic heterocycles. The lowest BCUT2D eigenvalue weighted by Gasteiger charge is -2.13. The van der Waals surface area contributed by atoms with E-state index < -0.39 is 0 Å². The molecule has 0 radical (unpaired) electrons. The van der Waals surface area contributed by atoms with E-state index in [2.05, 4.69) is 46.8 Å². The van der Waals surface area contributed by atoms with E-state index in [0.717, 1.165) is 41.5 Å². The zero-order chi connectivity index (χ0) is 18.9. The van der Waals surface area contributed by atoms with Gasteiger partial charge >= 0.3 is 0 Å². The quantitative estimate of drug-likeness (QED) is 0.564. The van der Waals surface area contributed by atoms with Crippen molar-refractivity contribution in [1.82, 2.24) is 24.8 Å². The normalized spacial score (nSPS) is 11.8. The molecule has 0 saturated carbocycles. The van der Waals surface area contributed by atoms with Gasteiger partial charge in [-0.1, -0.05) is 51.1 Å². The molecule has 0 aliphatic heterocycles. The second-order valence-electron chi connectivity index (χ2n) is 7.45. The Labute approximate surface area is 162 Å². The second kappa shape index (κ2) is 7.08. The van der Waals surface area contributed by atoms with Crippen molar-refractivity contribution in [3.8, 4) is 11.4 Å². The Hall–Kier alpha value is -2.80. The largest absolute Gasteiger partial charge is 0.368 e. The molecule has 3 heterocycles. The summed E-state index contributed by atoms with van der Waals surface area (Å²) in [5, 5.41) is 19.8. The molecular weight excluding hydrogens is 356 g/mol. The first-order valence-electron chi connectivity index (χ1n) is 8.97. The topological polar surface area (TPSA) is 68.0 Å². The van der Waals surface area contributed by atoms with Crippen molar-refractivity contribution in [3.05, 3.63) is 58.5 Å². The molecule has 0 spiro atoms. The number of nitrogens with zero attached hydrogens (tertiary/aromatic N) is 5. The van der Waals surface area contributed by atoms with Gasteiger partial charge in [-0.15, -0.1) is 26.6 Å². The molecule has 0 aliphatic carbocycles. The molecule has 0 aliphatic rings. The fourth-order valence-electron chi connectivity index (χ4n) is 2.74. The average molecular weight is 379 g/mol. The molecule has 4 rings (SSSR count). The van der Waals surface area contributed by atoms with Crippen molar-refractivity contribution in [2.75, 3.05) is 11.9 Å². The molecule has 1 aromatic carbocycles. The number of fused-ring (bicyclic) bond motifs is 1. The molecule has 0 saturated heterocycles. The van der Waals surface area contributed by atoms with Crippen molar-refractivity contribution in [2.45, 2.75) is 32.6 Å². The molecule has 0 atom stereocenters. The maximum atomic E-state index is 4.74. The van der Waals surface area contributed by atoms with Crippen LogP contribution in [0.4, 0.5) is 5.82 Å². The summed E-state index contributed by atoms with van der Waals surface area (Å²) in [7, 11) is 0. The number of nitrogens with one attached hydrogen (secondary N) is 1. The summed E-state index contributed by atoms with van der Waals surface area (Å²) in [6.45, 7) is 7.35. The molecule has 0 unspecified atom stereocenters. The summed E-state index contributed by atoms with van der Waals surface area (Å²) in [5.41, 5.74) is 2.94. The van der Waals surface area contributed by atoms with Gasteiger partial charge in [0.1, 0.15) is 5.82 Å². The molecular formula is C20H22N6S. The minimum atomic E-state index is 0.102. The van der Waals surface area contributed by atoms with Gasteiger partial charge < -0.3 is 5.32 Å². The van der Waals surface area contributed by atoms with Crippen molar-refractivity contribution in [1.29, 1.82) is 0 Å². The van der Waals surface area contributed by atoms with Crippen LogP contribution < -0.4 is 5.32 Å². The van der Waals surface area contributed by atoms with Gasteiger partial charge in [-0.25, -0.2) is 4.98 Å². The van der Waals surface area contributed by atoms with Gasteiger partial charge in [-0.3, -0.25) is 0 Å². The van der Waals surface area contributed by atoms with Crippen LogP contribution in [0.15, 0.2) is 47.8 Å². The summed E-state index contributed by atoms with van der Waals surface area (Å²) in [6.07, 6.45) is 0.861. The summed E-state index contributed by atoms with van der Waals surface area (Å²) in [4.78, 5) is 4.74.